The first-order chi connectivity index (χ1) is 7.18. The summed E-state index contributed by atoms with van der Waals surface area (Å²) in [5.41, 5.74) is 0. The number of hydrogen-bond donors (Lipinski definition) is 1. The summed E-state index contributed by atoms with van der Waals surface area (Å²) >= 11 is 0. The molecule has 0 aromatic carbocycles. The van der Waals surface area contributed by atoms with E-state index in [1.807, 2.05) is 0 Å². The smallest absolute Gasteiger partial charge is 0.214 e. The fraction of sp³-hybridized carbons (Fsp3) is 1.00. The summed E-state index contributed by atoms with van der Waals surface area (Å²) in [6, 6.07) is 0.159. The molecule has 6 heteroatoms. The predicted molar refractivity (Wildman–Crippen MR) is 57.2 cm³/mol. The monoisotopic (exact) mass is 234 g/mol. The van der Waals surface area contributed by atoms with Crippen LogP contribution in [0.3, 0.4) is 0 Å². The van der Waals surface area contributed by atoms with Crippen LogP contribution in [0.5, 0.6) is 0 Å². The Balaban J connectivity index is 1.91. The summed E-state index contributed by atoms with van der Waals surface area (Å²) < 4.78 is 30.3. The SMILES string of the molecule is O=S1(=O)CCCCN1CC1COCCN1. The average molecular weight is 234 g/mol. The summed E-state index contributed by atoms with van der Waals surface area (Å²) in [6.07, 6.45) is 1.78. The molecule has 0 saturated carbocycles. The predicted octanol–water partition coefficient (Wildman–Crippen LogP) is -0.600. The fourth-order valence-corrected chi connectivity index (χ4v) is 3.67. The van der Waals surface area contributed by atoms with Gasteiger partial charge in [-0.2, -0.15) is 0 Å². The Bertz CT molecular complexity index is 298. The van der Waals surface area contributed by atoms with Crippen molar-refractivity contribution in [3.05, 3.63) is 0 Å². The van der Waals surface area contributed by atoms with Gasteiger partial charge in [-0.3, -0.25) is 0 Å². The molecule has 2 aliphatic heterocycles. The largest absolute Gasteiger partial charge is 0.378 e. The van der Waals surface area contributed by atoms with Crippen molar-refractivity contribution in [2.24, 2.45) is 0 Å². The van der Waals surface area contributed by atoms with Gasteiger partial charge in [0.2, 0.25) is 10.0 Å². The highest BCUT2D eigenvalue weighted by atomic mass is 32.2. The van der Waals surface area contributed by atoms with Crippen LogP contribution in [0.15, 0.2) is 0 Å². The number of ether oxygens (including phenoxy) is 1. The van der Waals surface area contributed by atoms with E-state index < -0.39 is 10.0 Å². The van der Waals surface area contributed by atoms with E-state index in [0.717, 1.165) is 26.0 Å². The average Bonchev–Trinajstić information content (AvgIpc) is 2.23. The zero-order valence-corrected chi connectivity index (χ0v) is 9.63. The molecule has 2 rings (SSSR count). The van der Waals surface area contributed by atoms with Gasteiger partial charge in [0.25, 0.3) is 0 Å². The molecule has 0 aromatic rings. The maximum absolute atomic E-state index is 11.7. The van der Waals surface area contributed by atoms with E-state index in [-0.39, 0.29) is 6.04 Å². The third-order valence-corrected chi connectivity index (χ3v) is 4.80. The first kappa shape index (κ1) is 11.3. The number of morpholine rings is 1. The first-order valence-corrected chi connectivity index (χ1v) is 7.08. The van der Waals surface area contributed by atoms with Gasteiger partial charge >= 0.3 is 0 Å². The molecule has 0 aromatic heterocycles. The highest BCUT2D eigenvalue weighted by Gasteiger charge is 2.28. The summed E-state index contributed by atoms with van der Waals surface area (Å²) in [7, 11) is -2.99. The number of nitrogens with zero attached hydrogens (tertiary/aromatic N) is 1. The van der Waals surface area contributed by atoms with Crippen LogP contribution in [-0.4, -0.2) is 57.4 Å². The Hall–Kier alpha value is -0.170. The van der Waals surface area contributed by atoms with Crippen LogP contribution in [0.4, 0.5) is 0 Å². The fourth-order valence-electron chi connectivity index (χ4n) is 2.03. The van der Waals surface area contributed by atoms with Crippen molar-refractivity contribution in [3.63, 3.8) is 0 Å². The van der Waals surface area contributed by atoms with E-state index in [2.05, 4.69) is 5.32 Å². The Labute approximate surface area is 90.8 Å². The van der Waals surface area contributed by atoms with E-state index >= 15 is 0 Å². The third-order valence-electron chi connectivity index (χ3n) is 2.88. The second-order valence-electron chi connectivity index (χ2n) is 4.11. The molecular weight excluding hydrogens is 216 g/mol. The molecule has 2 fully saturated rings. The number of sulfonamides is 1. The van der Waals surface area contributed by atoms with Crippen molar-refractivity contribution in [2.45, 2.75) is 18.9 Å². The van der Waals surface area contributed by atoms with Crippen LogP contribution < -0.4 is 5.32 Å². The molecule has 2 saturated heterocycles. The molecule has 0 aliphatic carbocycles. The van der Waals surface area contributed by atoms with Gasteiger partial charge in [0, 0.05) is 25.7 Å². The molecule has 1 atom stereocenters. The van der Waals surface area contributed by atoms with Crippen molar-refractivity contribution in [2.75, 3.05) is 38.6 Å². The van der Waals surface area contributed by atoms with Crippen LogP contribution in [0.1, 0.15) is 12.8 Å². The summed E-state index contributed by atoms with van der Waals surface area (Å²) in [5.74, 6) is 0.306. The highest BCUT2D eigenvalue weighted by molar-refractivity contribution is 7.89. The molecule has 1 unspecified atom stereocenters. The number of nitrogens with one attached hydrogen (secondary N) is 1. The van der Waals surface area contributed by atoms with Crippen LogP contribution in [0, 0.1) is 0 Å². The second-order valence-corrected chi connectivity index (χ2v) is 6.20. The second kappa shape index (κ2) is 4.78. The van der Waals surface area contributed by atoms with E-state index in [0.29, 0.717) is 25.4 Å². The number of hydrogen-bond acceptors (Lipinski definition) is 4. The minimum Gasteiger partial charge on any atom is -0.378 e. The quantitative estimate of drug-likeness (QED) is 0.693. The molecule has 0 radical (unpaired) electrons. The summed E-state index contributed by atoms with van der Waals surface area (Å²) in [5, 5.41) is 3.27. The molecule has 0 amide bonds. The molecule has 15 heavy (non-hydrogen) atoms. The Kier molecular flexibility index (Phi) is 3.60. The van der Waals surface area contributed by atoms with Crippen molar-refractivity contribution in [1.82, 2.24) is 9.62 Å². The van der Waals surface area contributed by atoms with Crippen LogP contribution in [-0.2, 0) is 14.8 Å². The molecule has 5 nitrogen and oxygen atoms in total. The van der Waals surface area contributed by atoms with Gasteiger partial charge in [0.15, 0.2) is 0 Å². The number of rotatable bonds is 2. The zero-order chi connectivity index (χ0) is 10.7. The van der Waals surface area contributed by atoms with E-state index in [9.17, 15) is 8.42 Å². The normalized spacial score (nSPS) is 32.7. The van der Waals surface area contributed by atoms with Gasteiger partial charge < -0.3 is 10.1 Å². The van der Waals surface area contributed by atoms with Crippen molar-refractivity contribution >= 4 is 10.0 Å². The lowest BCUT2D eigenvalue weighted by molar-refractivity contribution is 0.0701. The minimum atomic E-state index is -2.99. The van der Waals surface area contributed by atoms with E-state index in [4.69, 9.17) is 4.74 Å². The molecule has 2 heterocycles. The van der Waals surface area contributed by atoms with Crippen LogP contribution >= 0.6 is 0 Å². The zero-order valence-electron chi connectivity index (χ0n) is 8.81. The maximum atomic E-state index is 11.7. The lowest BCUT2D eigenvalue weighted by Crippen LogP contribution is -2.51. The lowest BCUT2D eigenvalue weighted by Gasteiger charge is -2.32. The Morgan fingerprint density at radius 1 is 1.40 bits per heavy atom. The van der Waals surface area contributed by atoms with Gasteiger partial charge in [0.05, 0.1) is 19.0 Å². The van der Waals surface area contributed by atoms with Crippen molar-refractivity contribution in [3.8, 4) is 0 Å². The molecular formula is C9H18N2O3S. The third kappa shape index (κ3) is 2.90. The first-order valence-electron chi connectivity index (χ1n) is 5.47. The maximum Gasteiger partial charge on any atom is 0.214 e. The van der Waals surface area contributed by atoms with Gasteiger partial charge in [0.1, 0.15) is 0 Å². The Morgan fingerprint density at radius 2 is 2.27 bits per heavy atom. The highest BCUT2D eigenvalue weighted by Crippen LogP contribution is 2.14. The molecule has 1 N–H and O–H groups in total. The Morgan fingerprint density at radius 3 is 2.93 bits per heavy atom. The molecule has 0 bridgehead atoms. The summed E-state index contributed by atoms with van der Waals surface area (Å²) in [6.45, 7) is 3.39. The topological polar surface area (TPSA) is 58.6 Å². The minimum absolute atomic E-state index is 0.159. The summed E-state index contributed by atoms with van der Waals surface area (Å²) in [4.78, 5) is 0. The standard InChI is InChI=1S/C9H18N2O3S/c12-15(13)6-2-1-4-11(15)7-9-8-14-5-3-10-9/h9-10H,1-8H2. The van der Waals surface area contributed by atoms with Crippen molar-refractivity contribution in [1.29, 1.82) is 0 Å². The molecule has 88 valence electrons. The van der Waals surface area contributed by atoms with E-state index in [1.54, 1.807) is 4.31 Å². The molecule has 0 spiro atoms. The van der Waals surface area contributed by atoms with Crippen LogP contribution in [0.2, 0.25) is 0 Å². The van der Waals surface area contributed by atoms with Crippen LogP contribution in [0.25, 0.3) is 0 Å². The van der Waals surface area contributed by atoms with Crippen molar-refractivity contribution < 1.29 is 13.2 Å². The molecule has 2 aliphatic rings. The van der Waals surface area contributed by atoms with Gasteiger partial charge in [-0.15, -0.1) is 0 Å². The lowest BCUT2D eigenvalue weighted by atomic mass is 10.2. The van der Waals surface area contributed by atoms with Gasteiger partial charge in [-0.1, -0.05) is 0 Å². The van der Waals surface area contributed by atoms with Gasteiger partial charge in [-0.25, -0.2) is 12.7 Å². The van der Waals surface area contributed by atoms with E-state index in [1.165, 1.54) is 0 Å². The van der Waals surface area contributed by atoms with Gasteiger partial charge in [-0.05, 0) is 12.8 Å².